The van der Waals surface area contributed by atoms with Gasteiger partial charge in [-0.1, -0.05) is 39.8 Å². The van der Waals surface area contributed by atoms with Crippen LogP contribution < -0.4 is 16.9 Å². The van der Waals surface area contributed by atoms with Crippen molar-refractivity contribution in [2.75, 3.05) is 21.1 Å². The summed E-state index contributed by atoms with van der Waals surface area (Å²) in [5.41, 5.74) is 4.60. The van der Waals surface area contributed by atoms with E-state index >= 15 is 0 Å². The highest BCUT2D eigenvalue weighted by molar-refractivity contribution is 5.53. The van der Waals surface area contributed by atoms with Gasteiger partial charge in [-0.25, -0.2) is 0 Å². The van der Waals surface area contributed by atoms with Crippen molar-refractivity contribution in [1.29, 1.82) is 0 Å². The third-order valence-corrected chi connectivity index (χ3v) is 3.21. The number of benzene rings is 1. The van der Waals surface area contributed by atoms with Crippen molar-refractivity contribution in [1.82, 2.24) is 4.48 Å². The minimum atomic E-state index is 0. The lowest BCUT2D eigenvalue weighted by Crippen LogP contribution is -3.00. The quantitative estimate of drug-likeness (QED) is 0.715. The first-order valence-electron chi connectivity index (χ1n) is 7.14. The number of nitrogens with zero attached hydrogens (tertiary/aromatic N) is 1. The molecule has 0 atom stereocenters. The normalized spacial score (nSPS) is 11.8. The summed E-state index contributed by atoms with van der Waals surface area (Å²) in [5.74, 6) is 1.43. The van der Waals surface area contributed by atoms with E-state index in [4.69, 9.17) is 0 Å². The largest absolute Gasteiger partial charge is 1.00 e. The van der Waals surface area contributed by atoms with Gasteiger partial charge in [0, 0.05) is 5.56 Å². The summed E-state index contributed by atoms with van der Waals surface area (Å²) in [6.07, 6.45) is 2.38. The molecule has 0 aromatic heterocycles. The summed E-state index contributed by atoms with van der Waals surface area (Å²) in [6.45, 7) is 9.23. The average Bonchev–Trinajstić information content (AvgIpc) is 2.17. The molecule has 0 bridgehead atoms. The smallest absolute Gasteiger partial charge is 0.135 e. The Morgan fingerprint density at radius 3 is 1.84 bits per heavy atom. The monoisotopic (exact) mass is 283 g/mol. The van der Waals surface area contributed by atoms with Gasteiger partial charge in [-0.15, -0.1) is 0 Å². The Morgan fingerprint density at radius 2 is 1.42 bits per heavy atom. The Hall–Kier alpha value is -0.530. The fraction of sp³-hybridized carbons (Fsp3) is 0.647. The SMILES string of the molecule is CC(C)Cc1cccc([N+](C)(C)C)c1CC(C)C.[Cl-]. The summed E-state index contributed by atoms with van der Waals surface area (Å²) in [6, 6.07) is 6.83. The Bertz CT molecular complexity index is 389. The summed E-state index contributed by atoms with van der Waals surface area (Å²) < 4.78 is 0.911. The zero-order chi connectivity index (χ0) is 13.9. The predicted octanol–water partition coefficient (Wildman–Crippen LogP) is 1.28. The maximum atomic E-state index is 2.32. The van der Waals surface area contributed by atoms with E-state index < -0.39 is 0 Å². The van der Waals surface area contributed by atoms with Crippen LogP contribution in [0.15, 0.2) is 18.2 Å². The maximum absolute atomic E-state index is 2.32. The van der Waals surface area contributed by atoms with Crippen LogP contribution >= 0.6 is 0 Å². The molecule has 0 unspecified atom stereocenters. The van der Waals surface area contributed by atoms with Gasteiger partial charge in [0.1, 0.15) is 5.69 Å². The van der Waals surface area contributed by atoms with Crippen LogP contribution in [-0.2, 0) is 12.8 Å². The third kappa shape index (κ3) is 5.54. The molecule has 0 aliphatic rings. The van der Waals surface area contributed by atoms with Crippen molar-refractivity contribution in [3.63, 3.8) is 0 Å². The van der Waals surface area contributed by atoms with Crippen LogP contribution in [0.1, 0.15) is 38.8 Å². The molecule has 0 fully saturated rings. The molecular formula is C17H30ClN. The van der Waals surface area contributed by atoms with Crippen LogP contribution in [0.25, 0.3) is 0 Å². The third-order valence-electron chi connectivity index (χ3n) is 3.21. The number of hydrogen-bond acceptors (Lipinski definition) is 0. The molecule has 0 heterocycles. The Labute approximate surface area is 126 Å². The number of hydrogen-bond donors (Lipinski definition) is 0. The highest BCUT2D eigenvalue weighted by Gasteiger charge is 2.20. The highest BCUT2D eigenvalue weighted by atomic mass is 35.5. The molecule has 0 amide bonds. The highest BCUT2D eigenvalue weighted by Crippen LogP contribution is 2.29. The number of rotatable bonds is 5. The summed E-state index contributed by atoms with van der Waals surface area (Å²) in [5, 5.41) is 0. The standard InChI is InChI=1S/C17H30N.ClH/c1-13(2)11-15-9-8-10-17(18(5,6)7)16(15)12-14(3)4;/h8-10,13-14H,11-12H2,1-7H3;1H/q+1;/p-1. The van der Waals surface area contributed by atoms with Gasteiger partial charge in [0.15, 0.2) is 0 Å². The van der Waals surface area contributed by atoms with E-state index in [1.807, 2.05) is 0 Å². The van der Waals surface area contributed by atoms with Crippen LogP contribution in [0, 0.1) is 11.8 Å². The molecule has 19 heavy (non-hydrogen) atoms. The van der Waals surface area contributed by atoms with Crippen molar-refractivity contribution in [2.24, 2.45) is 11.8 Å². The lowest BCUT2D eigenvalue weighted by atomic mass is 9.91. The lowest BCUT2D eigenvalue weighted by molar-refractivity contribution is -0.00000455. The lowest BCUT2D eigenvalue weighted by Gasteiger charge is -2.28. The van der Waals surface area contributed by atoms with E-state index in [0.29, 0.717) is 5.92 Å². The van der Waals surface area contributed by atoms with E-state index in [-0.39, 0.29) is 12.4 Å². The Balaban J connectivity index is 0.00000324. The summed E-state index contributed by atoms with van der Waals surface area (Å²) in [4.78, 5) is 0. The average molecular weight is 284 g/mol. The van der Waals surface area contributed by atoms with E-state index in [1.165, 1.54) is 18.5 Å². The first-order chi connectivity index (χ1) is 8.21. The van der Waals surface area contributed by atoms with E-state index in [2.05, 4.69) is 67.0 Å². The molecule has 1 nitrogen and oxygen atoms in total. The van der Waals surface area contributed by atoms with Crippen molar-refractivity contribution >= 4 is 5.69 Å². The van der Waals surface area contributed by atoms with Gasteiger partial charge in [-0.2, -0.15) is 0 Å². The molecule has 0 aliphatic heterocycles. The second kappa shape index (κ2) is 7.31. The first kappa shape index (κ1) is 18.5. The molecule has 2 heteroatoms. The molecule has 0 N–H and O–H groups in total. The second-order valence-corrected chi connectivity index (χ2v) is 7.12. The van der Waals surface area contributed by atoms with Crippen LogP contribution in [-0.4, -0.2) is 21.1 Å². The van der Waals surface area contributed by atoms with E-state index in [1.54, 1.807) is 11.1 Å². The van der Waals surface area contributed by atoms with Crippen molar-refractivity contribution in [3.8, 4) is 0 Å². The van der Waals surface area contributed by atoms with Crippen LogP contribution in [0.3, 0.4) is 0 Å². The molecule has 0 saturated carbocycles. The number of quaternary nitrogens is 1. The molecule has 0 saturated heterocycles. The van der Waals surface area contributed by atoms with Crippen LogP contribution in [0.4, 0.5) is 5.69 Å². The fourth-order valence-corrected chi connectivity index (χ4v) is 2.52. The second-order valence-electron chi connectivity index (χ2n) is 7.12. The Kier molecular flexibility index (Phi) is 7.10. The minimum Gasteiger partial charge on any atom is -1.00 e. The zero-order valence-corrected chi connectivity index (χ0v) is 14.4. The van der Waals surface area contributed by atoms with Crippen LogP contribution in [0.2, 0.25) is 0 Å². The summed E-state index contributed by atoms with van der Waals surface area (Å²) in [7, 11) is 6.79. The van der Waals surface area contributed by atoms with Crippen LogP contribution in [0.5, 0.6) is 0 Å². The molecular weight excluding hydrogens is 254 g/mol. The van der Waals surface area contributed by atoms with Gasteiger partial charge in [0.25, 0.3) is 0 Å². The van der Waals surface area contributed by atoms with E-state index in [9.17, 15) is 0 Å². The molecule has 0 aliphatic carbocycles. The number of halogens is 1. The molecule has 0 radical (unpaired) electrons. The maximum Gasteiger partial charge on any atom is 0.135 e. The molecule has 1 aromatic carbocycles. The fourth-order valence-electron chi connectivity index (χ4n) is 2.52. The summed E-state index contributed by atoms with van der Waals surface area (Å²) >= 11 is 0. The van der Waals surface area contributed by atoms with Gasteiger partial charge in [0.2, 0.25) is 0 Å². The van der Waals surface area contributed by atoms with Gasteiger partial charge >= 0.3 is 0 Å². The Morgan fingerprint density at radius 1 is 0.895 bits per heavy atom. The van der Waals surface area contributed by atoms with Gasteiger partial charge in [-0.3, -0.25) is 4.48 Å². The van der Waals surface area contributed by atoms with Crippen molar-refractivity contribution < 1.29 is 12.4 Å². The van der Waals surface area contributed by atoms with Crippen molar-refractivity contribution in [2.45, 2.75) is 40.5 Å². The molecule has 1 rings (SSSR count). The van der Waals surface area contributed by atoms with Crippen molar-refractivity contribution in [3.05, 3.63) is 29.3 Å². The van der Waals surface area contributed by atoms with Gasteiger partial charge < -0.3 is 12.4 Å². The van der Waals surface area contributed by atoms with Gasteiger partial charge in [-0.05, 0) is 36.3 Å². The minimum absolute atomic E-state index is 0. The zero-order valence-electron chi connectivity index (χ0n) is 13.6. The topological polar surface area (TPSA) is 0 Å². The molecule has 1 aromatic rings. The van der Waals surface area contributed by atoms with E-state index in [0.717, 1.165) is 10.4 Å². The molecule has 110 valence electrons. The first-order valence-corrected chi connectivity index (χ1v) is 7.14. The predicted molar refractivity (Wildman–Crippen MR) is 83.1 cm³/mol. The molecule has 0 spiro atoms. The van der Waals surface area contributed by atoms with Gasteiger partial charge in [0.05, 0.1) is 21.1 Å².